The van der Waals surface area contributed by atoms with Crippen molar-refractivity contribution in [1.82, 2.24) is 5.43 Å². The molecule has 7 heteroatoms. The van der Waals surface area contributed by atoms with Crippen LogP contribution in [0.4, 0.5) is 0 Å². The monoisotopic (exact) mass is 370 g/mol. The number of aliphatic hydroxyl groups is 1. The Bertz CT molecular complexity index is 952. The number of allylic oxidation sites excluding steroid dienone is 1. The molecule has 3 rings (SSSR count). The van der Waals surface area contributed by atoms with E-state index in [1.54, 1.807) is 48.5 Å². The summed E-state index contributed by atoms with van der Waals surface area (Å²) in [6, 6.07) is 15.6. The summed E-state index contributed by atoms with van der Waals surface area (Å²) in [6.07, 6.45) is 0. The van der Waals surface area contributed by atoms with Gasteiger partial charge in [0.1, 0.15) is 11.8 Å². The van der Waals surface area contributed by atoms with Gasteiger partial charge in [-0.3, -0.25) is 5.43 Å². The van der Waals surface area contributed by atoms with Crippen molar-refractivity contribution in [2.75, 3.05) is 0 Å². The largest absolute Gasteiger partial charge is 0.505 e. The van der Waals surface area contributed by atoms with Crippen LogP contribution in [0.15, 0.2) is 65.1 Å². The predicted octanol–water partition coefficient (Wildman–Crippen LogP) is 4.07. The lowest BCUT2D eigenvalue weighted by molar-refractivity contribution is 0.417. The maximum atomic E-state index is 10.7. The van der Waals surface area contributed by atoms with Crippen molar-refractivity contribution in [2.24, 2.45) is 10.8 Å². The van der Waals surface area contributed by atoms with E-state index >= 15 is 0 Å². The molecule has 0 unspecified atom stereocenters. The van der Waals surface area contributed by atoms with E-state index in [4.69, 9.17) is 28.9 Å². The number of nitrogens with two attached hydrogens (primary N) is 1. The van der Waals surface area contributed by atoms with Gasteiger partial charge in [-0.1, -0.05) is 47.5 Å². The fourth-order valence-electron chi connectivity index (χ4n) is 2.43. The number of nitriles is 1. The summed E-state index contributed by atoms with van der Waals surface area (Å²) in [6.45, 7) is 0. The molecule has 25 heavy (non-hydrogen) atoms. The normalized spacial score (nSPS) is 16.0. The molecule has 0 bridgehead atoms. The highest BCUT2D eigenvalue weighted by Crippen LogP contribution is 2.30. The third kappa shape index (κ3) is 3.31. The molecule has 5 nitrogen and oxygen atoms in total. The number of hydrazone groups is 1. The first-order chi connectivity index (χ1) is 12.0. The summed E-state index contributed by atoms with van der Waals surface area (Å²) in [5.41, 5.74) is 10.5. The number of hydrogen-bond donors (Lipinski definition) is 3. The van der Waals surface area contributed by atoms with Crippen LogP contribution in [-0.4, -0.2) is 10.9 Å². The highest BCUT2D eigenvalue weighted by atomic mass is 35.5. The van der Waals surface area contributed by atoms with E-state index in [-0.39, 0.29) is 22.9 Å². The molecule has 1 aliphatic rings. The standard InChI is InChI=1S/C18H12Cl2N4O/c19-12-5-1-10(2-6-12)14(9-21)16-17(25)15(18(22)24-23-16)11-3-7-13(20)8-4-11/h1-8,23,25H,(H2,22,24). The van der Waals surface area contributed by atoms with Gasteiger partial charge in [-0.05, 0) is 35.4 Å². The molecule has 2 aromatic carbocycles. The fraction of sp³-hybridized carbons (Fsp3) is 0. The number of nitrogens with one attached hydrogen (secondary N) is 1. The summed E-state index contributed by atoms with van der Waals surface area (Å²) < 4.78 is 0. The zero-order chi connectivity index (χ0) is 18.0. The molecular formula is C18H12Cl2N4O. The number of nitrogens with zero attached hydrogens (tertiary/aromatic N) is 2. The Labute approximate surface area is 154 Å². The summed E-state index contributed by atoms with van der Waals surface area (Å²) in [7, 11) is 0. The summed E-state index contributed by atoms with van der Waals surface area (Å²) in [5, 5.41) is 25.4. The van der Waals surface area contributed by atoms with Crippen molar-refractivity contribution in [3.63, 3.8) is 0 Å². The van der Waals surface area contributed by atoms with Crippen molar-refractivity contribution >= 4 is 40.2 Å². The third-order valence-corrected chi connectivity index (χ3v) is 4.15. The molecule has 0 saturated carbocycles. The van der Waals surface area contributed by atoms with Crippen molar-refractivity contribution in [3.8, 4) is 6.07 Å². The Kier molecular flexibility index (Phi) is 4.66. The summed E-state index contributed by atoms with van der Waals surface area (Å²) >= 11 is 11.8. The number of benzene rings is 2. The van der Waals surface area contributed by atoms with Crippen LogP contribution in [0.5, 0.6) is 0 Å². The lowest BCUT2D eigenvalue weighted by Crippen LogP contribution is -2.27. The number of hydrogen-bond acceptors (Lipinski definition) is 5. The molecule has 0 aromatic heterocycles. The number of amidine groups is 1. The first-order valence-corrected chi connectivity index (χ1v) is 7.96. The van der Waals surface area contributed by atoms with Gasteiger partial charge in [-0.15, -0.1) is 0 Å². The Balaban J connectivity index is 2.18. The van der Waals surface area contributed by atoms with E-state index in [1.165, 1.54) is 0 Å². The first-order valence-electron chi connectivity index (χ1n) is 7.20. The Morgan fingerprint density at radius 3 is 2.16 bits per heavy atom. The molecule has 0 fully saturated rings. The van der Waals surface area contributed by atoms with Crippen LogP contribution < -0.4 is 11.2 Å². The molecule has 124 valence electrons. The van der Waals surface area contributed by atoms with Gasteiger partial charge in [0.2, 0.25) is 0 Å². The van der Waals surface area contributed by atoms with Crippen LogP contribution in [0.1, 0.15) is 11.1 Å². The highest BCUT2D eigenvalue weighted by Gasteiger charge is 2.24. The van der Waals surface area contributed by atoms with Gasteiger partial charge in [-0.2, -0.15) is 10.4 Å². The van der Waals surface area contributed by atoms with Gasteiger partial charge in [-0.25, -0.2) is 0 Å². The van der Waals surface area contributed by atoms with Crippen LogP contribution in [0.2, 0.25) is 10.0 Å². The van der Waals surface area contributed by atoms with Gasteiger partial charge < -0.3 is 10.8 Å². The fourth-order valence-corrected chi connectivity index (χ4v) is 2.68. The van der Waals surface area contributed by atoms with E-state index < -0.39 is 0 Å². The minimum absolute atomic E-state index is 0.108. The average Bonchev–Trinajstić information content (AvgIpc) is 2.60. The molecule has 1 aliphatic heterocycles. The molecule has 0 spiro atoms. The second-order valence-electron chi connectivity index (χ2n) is 5.21. The Morgan fingerprint density at radius 2 is 1.60 bits per heavy atom. The second-order valence-corrected chi connectivity index (χ2v) is 6.08. The number of rotatable bonds is 2. The van der Waals surface area contributed by atoms with Crippen molar-refractivity contribution in [3.05, 3.63) is 81.2 Å². The van der Waals surface area contributed by atoms with Crippen molar-refractivity contribution in [2.45, 2.75) is 0 Å². The maximum absolute atomic E-state index is 10.7. The minimum Gasteiger partial charge on any atom is -0.505 e. The van der Waals surface area contributed by atoms with E-state index in [9.17, 15) is 10.4 Å². The molecular weight excluding hydrogens is 359 g/mol. The van der Waals surface area contributed by atoms with Gasteiger partial charge in [0, 0.05) is 10.0 Å². The van der Waals surface area contributed by atoms with Gasteiger partial charge in [0.15, 0.2) is 11.6 Å². The zero-order valence-corrected chi connectivity index (χ0v) is 14.3. The zero-order valence-electron chi connectivity index (χ0n) is 12.8. The van der Waals surface area contributed by atoms with Crippen LogP contribution in [0.3, 0.4) is 0 Å². The van der Waals surface area contributed by atoms with Crippen molar-refractivity contribution in [1.29, 1.82) is 5.26 Å². The van der Waals surface area contributed by atoms with Gasteiger partial charge >= 0.3 is 0 Å². The predicted molar refractivity (Wildman–Crippen MR) is 99.7 cm³/mol. The molecule has 0 amide bonds. The topological polar surface area (TPSA) is 94.4 Å². The number of halogens is 2. The summed E-state index contributed by atoms with van der Waals surface area (Å²) in [5.74, 6) is -0.0571. The van der Waals surface area contributed by atoms with Crippen LogP contribution >= 0.6 is 23.2 Å². The van der Waals surface area contributed by atoms with Gasteiger partial charge in [0.05, 0.1) is 11.1 Å². The smallest absolute Gasteiger partial charge is 0.155 e. The Morgan fingerprint density at radius 1 is 1.04 bits per heavy atom. The lowest BCUT2D eigenvalue weighted by Gasteiger charge is -2.20. The van der Waals surface area contributed by atoms with E-state index in [0.29, 0.717) is 26.7 Å². The van der Waals surface area contributed by atoms with Crippen LogP contribution in [0, 0.1) is 11.3 Å². The molecule has 0 radical (unpaired) electrons. The quantitative estimate of drug-likeness (QED) is 0.694. The Hall–Kier alpha value is -2.94. The van der Waals surface area contributed by atoms with Crippen molar-refractivity contribution < 1.29 is 5.11 Å². The van der Waals surface area contributed by atoms with Crippen LogP contribution in [0.25, 0.3) is 11.1 Å². The molecule has 0 atom stereocenters. The SMILES string of the molecule is N#CC(=C1NN=C(N)C(c2ccc(Cl)cc2)=C1O)c1ccc(Cl)cc1. The molecule has 2 aromatic rings. The van der Waals surface area contributed by atoms with E-state index in [2.05, 4.69) is 16.6 Å². The van der Waals surface area contributed by atoms with Crippen LogP contribution in [-0.2, 0) is 0 Å². The third-order valence-electron chi connectivity index (χ3n) is 3.65. The summed E-state index contributed by atoms with van der Waals surface area (Å²) in [4.78, 5) is 0. The van der Waals surface area contributed by atoms with Gasteiger partial charge in [0.25, 0.3) is 0 Å². The molecule has 0 saturated heterocycles. The lowest BCUT2D eigenvalue weighted by atomic mass is 9.97. The first kappa shape index (κ1) is 16.9. The minimum atomic E-state index is -0.165. The highest BCUT2D eigenvalue weighted by molar-refractivity contribution is 6.31. The second kappa shape index (κ2) is 6.89. The molecule has 4 N–H and O–H groups in total. The van der Waals surface area contributed by atoms with E-state index in [1.807, 2.05) is 0 Å². The maximum Gasteiger partial charge on any atom is 0.155 e. The number of aliphatic hydroxyl groups excluding tert-OH is 1. The molecule has 0 aliphatic carbocycles. The van der Waals surface area contributed by atoms with E-state index in [0.717, 1.165) is 0 Å². The molecule has 1 heterocycles. The average molecular weight is 371 g/mol.